The lowest BCUT2D eigenvalue weighted by Crippen LogP contribution is -2.34. The van der Waals surface area contributed by atoms with Gasteiger partial charge < -0.3 is 5.32 Å². The minimum Gasteiger partial charge on any atom is -0.348 e. The molecular weight excluding hydrogens is 326 g/mol. The first kappa shape index (κ1) is 18.2. The summed E-state index contributed by atoms with van der Waals surface area (Å²) in [6.07, 6.45) is 1.35. The number of nitrogens with zero attached hydrogens (tertiary/aromatic N) is 2. The number of hydrogen-bond acceptors (Lipinski definition) is 4. The van der Waals surface area contributed by atoms with Crippen molar-refractivity contribution in [2.75, 3.05) is 12.0 Å². The highest BCUT2D eigenvalue weighted by Crippen LogP contribution is 2.17. The standard InChI is InChI=1S/C17H23N3O3S/c1-12-15(13(2)20(3)19-12)10-17(21)18-16(11-24(4,22)23)14-8-6-5-7-9-14/h5-9,16H,10-11H2,1-4H3,(H,18,21)/t16-/m1/s1. The number of benzene rings is 1. The van der Waals surface area contributed by atoms with E-state index >= 15 is 0 Å². The average Bonchev–Trinajstić information content (AvgIpc) is 2.72. The summed E-state index contributed by atoms with van der Waals surface area (Å²) < 4.78 is 25.1. The molecule has 0 aliphatic heterocycles. The maximum atomic E-state index is 12.5. The van der Waals surface area contributed by atoms with Gasteiger partial charge in [-0.3, -0.25) is 9.48 Å². The van der Waals surface area contributed by atoms with Crippen LogP contribution in [0, 0.1) is 13.8 Å². The Balaban J connectivity index is 2.18. The Bertz CT molecular complexity index is 826. The molecule has 2 aromatic rings. The van der Waals surface area contributed by atoms with E-state index < -0.39 is 15.9 Å². The van der Waals surface area contributed by atoms with Crippen LogP contribution in [0.15, 0.2) is 30.3 Å². The van der Waals surface area contributed by atoms with Crippen LogP contribution < -0.4 is 5.32 Å². The summed E-state index contributed by atoms with van der Waals surface area (Å²) in [5.41, 5.74) is 3.39. The molecule has 0 aliphatic carbocycles. The molecule has 0 saturated heterocycles. The number of nitrogens with one attached hydrogen (secondary N) is 1. The largest absolute Gasteiger partial charge is 0.348 e. The fourth-order valence-electron chi connectivity index (χ4n) is 2.69. The number of amides is 1. The van der Waals surface area contributed by atoms with Crippen molar-refractivity contribution in [1.29, 1.82) is 0 Å². The van der Waals surface area contributed by atoms with Gasteiger partial charge in [0.25, 0.3) is 0 Å². The molecule has 0 saturated carbocycles. The smallest absolute Gasteiger partial charge is 0.225 e. The zero-order valence-corrected chi connectivity index (χ0v) is 15.2. The fraction of sp³-hybridized carbons (Fsp3) is 0.412. The number of sulfone groups is 1. The van der Waals surface area contributed by atoms with Gasteiger partial charge in [-0.25, -0.2) is 8.42 Å². The van der Waals surface area contributed by atoms with Crippen LogP contribution in [0.4, 0.5) is 0 Å². The third-order valence-corrected chi connectivity index (χ3v) is 4.94. The normalized spacial score (nSPS) is 12.8. The Hall–Kier alpha value is -2.15. The summed E-state index contributed by atoms with van der Waals surface area (Å²) in [5, 5.41) is 7.15. The summed E-state index contributed by atoms with van der Waals surface area (Å²) in [7, 11) is -1.40. The number of aromatic nitrogens is 2. The molecule has 0 aliphatic rings. The molecule has 0 radical (unpaired) electrons. The zero-order chi connectivity index (χ0) is 17.9. The quantitative estimate of drug-likeness (QED) is 0.856. The van der Waals surface area contributed by atoms with Gasteiger partial charge in [0.05, 0.1) is 23.9 Å². The second-order valence-corrected chi connectivity index (χ2v) is 8.26. The Kier molecular flexibility index (Phi) is 5.43. The monoisotopic (exact) mass is 349 g/mol. The number of aryl methyl sites for hydroxylation is 2. The van der Waals surface area contributed by atoms with E-state index in [1.807, 2.05) is 51.2 Å². The van der Waals surface area contributed by atoms with Gasteiger partial charge in [-0.2, -0.15) is 5.10 Å². The fourth-order valence-corrected chi connectivity index (χ4v) is 3.57. The van der Waals surface area contributed by atoms with Gasteiger partial charge in [0.2, 0.25) is 5.91 Å². The zero-order valence-electron chi connectivity index (χ0n) is 14.4. The van der Waals surface area contributed by atoms with Gasteiger partial charge in [0.1, 0.15) is 9.84 Å². The first-order valence-corrected chi connectivity index (χ1v) is 9.74. The minimum absolute atomic E-state index is 0.131. The molecule has 24 heavy (non-hydrogen) atoms. The predicted molar refractivity (Wildman–Crippen MR) is 93.4 cm³/mol. The molecule has 7 heteroatoms. The number of hydrogen-bond donors (Lipinski definition) is 1. The van der Waals surface area contributed by atoms with E-state index in [1.54, 1.807) is 4.68 Å². The molecule has 1 heterocycles. The SMILES string of the molecule is Cc1nn(C)c(C)c1CC(=O)N[C@H](CS(C)(=O)=O)c1ccccc1. The second kappa shape index (κ2) is 7.17. The molecule has 1 aromatic heterocycles. The van der Waals surface area contributed by atoms with Crippen molar-refractivity contribution in [3.8, 4) is 0 Å². The second-order valence-electron chi connectivity index (χ2n) is 6.07. The lowest BCUT2D eigenvalue weighted by Gasteiger charge is -2.18. The van der Waals surface area contributed by atoms with Crippen LogP contribution in [0.5, 0.6) is 0 Å². The Morgan fingerprint density at radius 3 is 2.38 bits per heavy atom. The molecule has 6 nitrogen and oxygen atoms in total. The van der Waals surface area contributed by atoms with E-state index in [2.05, 4.69) is 10.4 Å². The third kappa shape index (κ3) is 4.67. The average molecular weight is 349 g/mol. The Labute approximate surface area is 142 Å². The lowest BCUT2D eigenvalue weighted by molar-refractivity contribution is -0.121. The third-order valence-electron chi connectivity index (χ3n) is 4.00. The molecule has 0 spiro atoms. The highest BCUT2D eigenvalue weighted by molar-refractivity contribution is 7.90. The predicted octanol–water partition coefficient (Wildman–Crippen LogP) is 1.48. The van der Waals surface area contributed by atoms with Crippen molar-refractivity contribution >= 4 is 15.7 Å². The minimum atomic E-state index is -3.23. The van der Waals surface area contributed by atoms with Gasteiger partial charge >= 0.3 is 0 Å². The van der Waals surface area contributed by atoms with E-state index in [0.29, 0.717) is 0 Å². The van der Waals surface area contributed by atoms with E-state index in [1.165, 1.54) is 6.26 Å². The van der Waals surface area contributed by atoms with Gasteiger partial charge in [-0.05, 0) is 19.4 Å². The van der Waals surface area contributed by atoms with Crippen LogP contribution >= 0.6 is 0 Å². The number of rotatable bonds is 6. The van der Waals surface area contributed by atoms with Gasteiger partial charge in [-0.1, -0.05) is 30.3 Å². The molecule has 0 fully saturated rings. The summed E-state index contributed by atoms with van der Waals surface area (Å²) in [4.78, 5) is 12.5. The van der Waals surface area contributed by atoms with Crippen LogP contribution in [0.2, 0.25) is 0 Å². The van der Waals surface area contributed by atoms with Crippen molar-refractivity contribution in [1.82, 2.24) is 15.1 Å². The van der Waals surface area contributed by atoms with Crippen molar-refractivity contribution < 1.29 is 13.2 Å². The van der Waals surface area contributed by atoms with Gasteiger partial charge in [-0.15, -0.1) is 0 Å². The van der Waals surface area contributed by atoms with E-state index in [0.717, 1.165) is 22.5 Å². The Morgan fingerprint density at radius 2 is 1.88 bits per heavy atom. The number of carbonyl (C=O) groups excluding carboxylic acids is 1. The first-order valence-electron chi connectivity index (χ1n) is 7.68. The lowest BCUT2D eigenvalue weighted by atomic mass is 10.1. The molecule has 2 rings (SSSR count). The highest BCUT2D eigenvalue weighted by Gasteiger charge is 2.21. The molecule has 1 aromatic carbocycles. The van der Waals surface area contributed by atoms with Crippen molar-refractivity contribution in [3.63, 3.8) is 0 Å². The van der Waals surface area contributed by atoms with Crippen molar-refractivity contribution in [3.05, 3.63) is 52.8 Å². The maximum Gasteiger partial charge on any atom is 0.225 e. The molecule has 130 valence electrons. The molecular formula is C17H23N3O3S. The highest BCUT2D eigenvalue weighted by atomic mass is 32.2. The van der Waals surface area contributed by atoms with Crippen LogP contribution in [0.1, 0.15) is 28.6 Å². The summed E-state index contributed by atoms with van der Waals surface area (Å²) in [6.45, 7) is 3.77. The molecule has 1 atom stereocenters. The van der Waals surface area contributed by atoms with E-state index in [9.17, 15) is 13.2 Å². The van der Waals surface area contributed by atoms with Crippen LogP contribution in [-0.2, 0) is 28.1 Å². The molecule has 1 amide bonds. The van der Waals surface area contributed by atoms with Crippen LogP contribution in [0.3, 0.4) is 0 Å². The van der Waals surface area contributed by atoms with Gasteiger partial charge in [0.15, 0.2) is 0 Å². The van der Waals surface area contributed by atoms with E-state index in [-0.39, 0.29) is 18.1 Å². The Morgan fingerprint density at radius 1 is 1.25 bits per heavy atom. The summed E-state index contributed by atoms with van der Waals surface area (Å²) in [5.74, 6) is -0.347. The van der Waals surface area contributed by atoms with Crippen molar-refractivity contribution in [2.45, 2.75) is 26.3 Å². The van der Waals surface area contributed by atoms with Crippen LogP contribution in [-0.4, -0.2) is 36.1 Å². The molecule has 0 unspecified atom stereocenters. The summed E-state index contributed by atoms with van der Waals surface area (Å²) >= 11 is 0. The topological polar surface area (TPSA) is 81.1 Å². The van der Waals surface area contributed by atoms with Gasteiger partial charge in [0, 0.05) is 24.6 Å². The molecule has 1 N–H and O–H groups in total. The van der Waals surface area contributed by atoms with Crippen LogP contribution in [0.25, 0.3) is 0 Å². The van der Waals surface area contributed by atoms with E-state index in [4.69, 9.17) is 0 Å². The summed E-state index contributed by atoms with van der Waals surface area (Å²) in [6, 6.07) is 8.57. The maximum absolute atomic E-state index is 12.5. The first-order chi connectivity index (χ1) is 11.2. The van der Waals surface area contributed by atoms with Crippen molar-refractivity contribution in [2.24, 2.45) is 7.05 Å². The molecule has 0 bridgehead atoms. The number of carbonyl (C=O) groups is 1.